The van der Waals surface area contributed by atoms with Crippen LogP contribution in [0, 0.1) is 0 Å². The van der Waals surface area contributed by atoms with Gasteiger partial charge in [-0.2, -0.15) is 0 Å². The fraction of sp³-hybridized carbons (Fsp3) is 1.00. The van der Waals surface area contributed by atoms with E-state index in [1.54, 1.807) is 0 Å². The van der Waals surface area contributed by atoms with Gasteiger partial charge >= 0.3 is 0 Å². The molecule has 0 bridgehead atoms. The van der Waals surface area contributed by atoms with Crippen LogP contribution >= 0.6 is 7.14 Å². The van der Waals surface area contributed by atoms with Gasteiger partial charge in [-0.05, 0) is 12.8 Å². The van der Waals surface area contributed by atoms with Gasteiger partial charge in [0.05, 0.1) is 0 Å². The van der Waals surface area contributed by atoms with Crippen LogP contribution in [0.2, 0.25) is 0 Å². The maximum Gasteiger partial charge on any atom is 0.288 e. The van der Waals surface area contributed by atoms with Crippen LogP contribution < -0.4 is 0 Å². The highest BCUT2D eigenvalue weighted by Crippen LogP contribution is 2.53. The van der Waals surface area contributed by atoms with Crippen LogP contribution in [0.3, 0.4) is 0 Å². The number of alkyl halides is 2. The summed E-state index contributed by atoms with van der Waals surface area (Å²) in [6, 6.07) is 0. The largest absolute Gasteiger partial charge is 0.318 e. The molecule has 0 aromatic heterocycles. The lowest BCUT2D eigenvalue weighted by Crippen LogP contribution is -2.04. The summed E-state index contributed by atoms with van der Waals surface area (Å²) in [6.07, 6.45) is 0.829. The molecular weight excluding hydrogens is 193 g/mol. The Balaban J connectivity index is 4.09. The van der Waals surface area contributed by atoms with Crippen molar-refractivity contribution in [2.45, 2.75) is 45.7 Å². The smallest absolute Gasteiger partial charge is 0.288 e. The predicted molar refractivity (Wildman–Crippen MR) is 53.2 cm³/mol. The zero-order chi connectivity index (χ0) is 10.3. The quantitative estimate of drug-likeness (QED) is 0.579. The van der Waals surface area contributed by atoms with Gasteiger partial charge in [-0.3, -0.25) is 0 Å². The van der Waals surface area contributed by atoms with Crippen molar-refractivity contribution in [3.05, 3.63) is 0 Å². The summed E-state index contributed by atoms with van der Waals surface area (Å²) in [5, 5.41) is 0. The molecule has 0 atom stereocenters. The molecule has 0 spiro atoms. The van der Waals surface area contributed by atoms with E-state index in [0.29, 0.717) is 12.8 Å². The molecule has 1 nitrogen and oxygen atoms in total. The minimum Gasteiger partial charge on any atom is -0.318 e. The fourth-order valence-electron chi connectivity index (χ4n) is 1.16. The molecule has 0 fully saturated rings. The summed E-state index contributed by atoms with van der Waals surface area (Å²) in [5.41, 5.74) is 0. The Hall–Kier alpha value is 0.0900. The maximum atomic E-state index is 12.5. The van der Waals surface area contributed by atoms with Crippen molar-refractivity contribution in [3.63, 3.8) is 0 Å². The van der Waals surface area contributed by atoms with Crippen molar-refractivity contribution >= 4 is 7.14 Å². The molecule has 0 radical (unpaired) electrons. The first-order valence-electron chi connectivity index (χ1n) is 4.92. The van der Waals surface area contributed by atoms with E-state index in [-0.39, 0.29) is 12.3 Å². The van der Waals surface area contributed by atoms with Gasteiger partial charge in [-0.15, -0.1) is 0 Å². The van der Waals surface area contributed by atoms with Gasteiger partial charge in [0, 0.05) is 12.3 Å². The molecule has 0 saturated carbocycles. The van der Waals surface area contributed by atoms with Crippen molar-refractivity contribution < 1.29 is 13.3 Å². The number of hydrogen-bond donors (Lipinski definition) is 0. The highest BCUT2D eigenvalue weighted by atomic mass is 31.2. The Morgan fingerprint density at radius 3 is 1.69 bits per heavy atom. The molecule has 0 rings (SSSR count). The van der Waals surface area contributed by atoms with Gasteiger partial charge in [0.25, 0.3) is 6.17 Å². The second-order valence-corrected chi connectivity index (χ2v) is 6.57. The zero-order valence-electron chi connectivity index (χ0n) is 8.43. The van der Waals surface area contributed by atoms with E-state index in [4.69, 9.17) is 0 Å². The highest BCUT2D eigenvalue weighted by molar-refractivity contribution is 7.64. The van der Waals surface area contributed by atoms with Gasteiger partial charge in [-0.25, -0.2) is 8.78 Å². The average molecular weight is 212 g/mol. The molecule has 0 saturated heterocycles. The molecule has 0 aliphatic rings. The minimum atomic E-state index is -3.16. The van der Waals surface area contributed by atoms with E-state index in [2.05, 4.69) is 0 Å². The van der Waals surface area contributed by atoms with E-state index in [1.807, 2.05) is 13.8 Å². The lowest BCUT2D eigenvalue weighted by molar-refractivity contribution is 0.232. The molecule has 0 aliphatic heterocycles. The van der Waals surface area contributed by atoms with Crippen molar-refractivity contribution in [1.29, 1.82) is 0 Å². The van der Waals surface area contributed by atoms with Gasteiger partial charge < -0.3 is 4.57 Å². The third-order valence-corrected chi connectivity index (χ3v) is 4.99. The molecule has 0 amide bonds. The molecule has 80 valence electrons. The Labute approximate surface area is 79.3 Å². The second kappa shape index (κ2) is 6.53. The third kappa shape index (κ3) is 4.75. The summed E-state index contributed by atoms with van der Waals surface area (Å²) < 4.78 is 36.6. The van der Waals surface area contributed by atoms with E-state index in [1.165, 1.54) is 0 Å². The van der Waals surface area contributed by atoms with Gasteiger partial charge in [-0.1, -0.05) is 26.7 Å². The van der Waals surface area contributed by atoms with Gasteiger partial charge in [0.1, 0.15) is 0 Å². The monoisotopic (exact) mass is 212 g/mol. The Morgan fingerprint density at radius 2 is 1.46 bits per heavy atom. The number of rotatable bonds is 7. The molecule has 0 N–H and O–H groups in total. The van der Waals surface area contributed by atoms with Crippen LogP contribution in [-0.4, -0.2) is 18.5 Å². The Kier molecular flexibility index (Phi) is 6.58. The van der Waals surface area contributed by atoms with Gasteiger partial charge in [0.15, 0.2) is 7.14 Å². The van der Waals surface area contributed by atoms with E-state index >= 15 is 0 Å². The van der Waals surface area contributed by atoms with Crippen LogP contribution in [0.15, 0.2) is 0 Å². The Bertz CT molecular complexity index is 159. The summed E-state index contributed by atoms with van der Waals surface area (Å²) in [5.74, 6) is 0. The fourth-order valence-corrected chi connectivity index (χ4v) is 3.48. The van der Waals surface area contributed by atoms with E-state index in [0.717, 1.165) is 12.8 Å². The topological polar surface area (TPSA) is 17.1 Å². The van der Waals surface area contributed by atoms with Crippen molar-refractivity contribution in [1.82, 2.24) is 0 Å². The normalized spacial score (nSPS) is 12.4. The molecule has 0 aliphatic carbocycles. The molecule has 13 heavy (non-hydrogen) atoms. The van der Waals surface area contributed by atoms with E-state index < -0.39 is 13.3 Å². The standard InChI is InChI=1S/C9H19F2OP/c1-3-5-7-13(12,9(10)11)8-6-4-2/h9H,3-8H2,1-2H3. The number of hydrogen-bond acceptors (Lipinski definition) is 1. The molecule has 0 unspecified atom stereocenters. The third-order valence-electron chi connectivity index (χ3n) is 2.14. The highest BCUT2D eigenvalue weighted by Gasteiger charge is 2.31. The van der Waals surface area contributed by atoms with Crippen LogP contribution in [0.1, 0.15) is 39.5 Å². The minimum absolute atomic E-state index is 0.223. The lowest BCUT2D eigenvalue weighted by Gasteiger charge is -2.16. The second-order valence-electron chi connectivity index (χ2n) is 3.38. The predicted octanol–water partition coefficient (Wildman–Crippen LogP) is 4.17. The van der Waals surface area contributed by atoms with Crippen LogP contribution in [0.4, 0.5) is 8.78 Å². The number of unbranched alkanes of at least 4 members (excludes halogenated alkanes) is 2. The molecule has 0 heterocycles. The number of halogens is 2. The SMILES string of the molecule is CCCCP(=O)(CCCC)C(F)F. The van der Waals surface area contributed by atoms with Crippen LogP contribution in [0.25, 0.3) is 0 Å². The molecule has 0 aromatic rings. The van der Waals surface area contributed by atoms with E-state index in [9.17, 15) is 13.3 Å². The van der Waals surface area contributed by atoms with Crippen LogP contribution in [-0.2, 0) is 4.57 Å². The summed E-state index contributed by atoms with van der Waals surface area (Å²) in [7, 11) is -3.16. The Morgan fingerprint density at radius 1 is 1.08 bits per heavy atom. The first-order valence-corrected chi connectivity index (χ1v) is 7.07. The van der Waals surface area contributed by atoms with Crippen molar-refractivity contribution in [2.75, 3.05) is 12.3 Å². The first-order chi connectivity index (χ1) is 6.06. The van der Waals surface area contributed by atoms with Gasteiger partial charge in [0.2, 0.25) is 0 Å². The molecule has 4 heteroatoms. The molecular formula is C9H19F2OP. The lowest BCUT2D eigenvalue weighted by atomic mass is 10.4. The average Bonchev–Trinajstić information content (AvgIpc) is 2.11. The molecule has 0 aromatic carbocycles. The zero-order valence-corrected chi connectivity index (χ0v) is 9.33. The first kappa shape index (κ1) is 13.1. The summed E-state index contributed by atoms with van der Waals surface area (Å²) >= 11 is 0. The summed E-state index contributed by atoms with van der Waals surface area (Å²) in [6.45, 7) is 3.85. The van der Waals surface area contributed by atoms with Crippen molar-refractivity contribution in [2.24, 2.45) is 0 Å². The maximum absolute atomic E-state index is 12.5. The van der Waals surface area contributed by atoms with Crippen molar-refractivity contribution in [3.8, 4) is 0 Å². The van der Waals surface area contributed by atoms with Crippen LogP contribution in [0.5, 0.6) is 0 Å². The summed E-state index contributed by atoms with van der Waals surface area (Å²) in [4.78, 5) is 0.